The number of fused-ring (bicyclic) bond motifs is 1. The normalized spacial score (nSPS) is 13.1. The van der Waals surface area contributed by atoms with Crippen LogP contribution in [0.15, 0.2) is 36.4 Å². The van der Waals surface area contributed by atoms with Gasteiger partial charge in [-0.15, -0.1) is 0 Å². The van der Waals surface area contributed by atoms with Gasteiger partial charge in [0.05, 0.1) is 11.5 Å². The molecule has 1 atom stereocenters. The Bertz CT molecular complexity index is 659. The van der Waals surface area contributed by atoms with E-state index < -0.39 is 17.5 Å². The standard InChI is InChI=1S/C17H20O4/c1-11(18)13-9-8-12-6-4-5-7-14(12)15(13)21-10-17(2,3)16(19)20/h4-9,11,18H,10H2,1-3H3,(H,19,20). The molecule has 0 amide bonds. The maximum absolute atomic E-state index is 11.2. The van der Waals surface area contributed by atoms with Crippen LogP contribution in [0.1, 0.15) is 32.4 Å². The van der Waals surface area contributed by atoms with Gasteiger partial charge in [0.25, 0.3) is 0 Å². The van der Waals surface area contributed by atoms with E-state index >= 15 is 0 Å². The van der Waals surface area contributed by atoms with E-state index in [4.69, 9.17) is 4.74 Å². The first-order valence-electron chi connectivity index (χ1n) is 6.89. The van der Waals surface area contributed by atoms with E-state index in [1.165, 1.54) is 0 Å². The first kappa shape index (κ1) is 15.3. The van der Waals surface area contributed by atoms with Crippen molar-refractivity contribution < 1.29 is 19.7 Å². The van der Waals surface area contributed by atoms with Gasteiger partial charge in [0, 0.05) is 10.9 Å². The van der Waals surface area contributed by atoms with Crippen LogP contribution in [0.2, 0.25) is 0 Å². The van der Waals surface area contributed by atoms with Gasteiger partial charge in [-0.1, -0.05) is 36.4 Å². The monoisotopic (exact) mass is 288 g/mol. The predicted octanol–water partition coefficient (Wildman–Crippen LogP) is 3.38. The number of carboxylic acids is 1. The Morgan fingerprint density at radius 1 is 1.24 bits per heavy atom. The van der Waals surface area contributed by atoms with E-state index in [-0.39, 0.29) is 6.61 Å². The molecule has 0 spiro atoms. The van der Waals surface area contributed by atoms with Crippen LogP contribution in [0.4, 0.5) is 0 Å². The van der Waals surface area contributed by atoms with Crippen molar-refractivity contribution in [2.24, 2.45) is 5.41 Å². The summed E-state index contributed by atoms with van der Waals surface area (Å²) < 4.78 is 5.80. The van der Waals surface area contributed by atoms with Crippen LogP contribution in [0, 0.1) is 5.41 Å². The van der Waals surface area contributed by atoms with Crippen LogP contribution in [-0.4, -0.2) is 22.8 Å². The number of carboxylic acid groups (broad SMARTS) is 1. The highest BCUT2D eigenvalue weighted by atomic mass is 16.5. The molecule has 2 N–H and O–H groups in total. The molecule has 0 radical (unpaired) electrons. The maximum atomic E-state index is 11.2. The highest BCUT2D eigenvalue weighted by molar-refractivity contribution is 5.89. The molecule has 4 heteroatoms. The number of hydrogen-bond acceptors (Lipinski definition) is 3. The Morgan fingerprint density at radius 3 is 2.52 bits per heavy atom. The van der Waals surface area contributed by atoms with E-state index in [9.17, 15) is 15.0 Å². The Balaban J connectivity index is 2.45. The van der Waals surface area contributed by atoms with Crippen LogP contribution in [0.5, 0.6) is 5.75 Å². The summed E-state index contributed by atoms with van der Waals surface area (Å²) in [5, 5.41) is 21.0. The fourth-order valence-electron chi connectivity index (χ4n) is 2.06. The second kappa shape index (κ2) is 5.74. The summed E-state index contributed by atoms with van der Waals surface area (Å²) in [5.74, 6) is -0.362. The molecule has 0 fully saturated rings. The Kier molecular flexibility index (Phi) is 4.19. The number of aliphatic hydroxyl groups excluding tert-OH is 1. The van der Waals surface area contributed by atoms with Crippen molar-refractivity contribution >= 4 is 16.7 Å². The topological polar surface area (TPSA) is 66.8 Å². The second-order valence-electron chi connectivity index (χ2n) is 5.86. The lowest BCUT2D eigenvalue weighted by atomic mass is 9.95. The van der Waals surface area contributed by atoms with Gasteiger partial charge in [-0.05, 0) is 26.2 Å². The lowest BCUT2D eigenvalue weighted by Gasteiger charge is -2.22. The van der Waals surface area contributed by atoms with Gasteiger partial charge in [-0.25, -0.2) is 0 Å². The van der Waals surface area contributed by atoms with E-state index in [1.54, 1.807) is 20.8 Å². The summed E-state index contributed by atoms with van der Waals surface area (Å²) >= 11 is 0. The number of rotatable bonds is 5. The molecule has 0 aliphatic heterocycles. The smallest absolute Gasteiger partial charge is 0.312 e. The Morgan fingerprint density at radius 2 is 1.90 bits per heavy atom. The summed E-state index contributed by atoms with van der Waals surface area (Å²) in [7, 11) is 0. The van der Waals surface area contributed by atoms with E-state index in [0.717, 1.165) is 10.8 Å². The van der Waals surface area contributed by atoms with Gasteiger partial charge in [0.15, 0.2) is 0 Å². The molecule has 21 heavy (non-hydrogen) atoms. The molecule has 4 nitrogen and oxygen atoms in total. The molecule has 0 aromatic heterocycles. The summed E-state index contributed by atoms with van der Waals surface area (Å²) in [6.07, 6.45) is -0.683. The molecule has 0 saturated carbocycles. The molecular weight excluding hydrogens is 268 g/mol. The number of hydrogen-bond donors (Lipinski definition) is 2. The van der Waals surface area contributed by atoms with Gasteiger partial charge >= 0.3 is 5.97 Å². The van der Waals surface area contributed by atoms with Crippen molar-refractivity contribution in [1.29, 1.82) is 0 Å². The average molecular weight is 288 g/mol. The predicted molar refractivity (Wildman–Crippen MR) is 81.5 cm³/mol. The summed E-state index contributed by atoms with van der Waals surface area (Å²) in [6.45, 7) is 4.93. The highest BCUT2D eigenvalue weighted by Gasteiger charge is 2.29. The van der Waals surface area contributed by atoms with Crippen molar-refractivity contribution in [3.05, 3.63) is 42.0 Å². The molecule has 0 saturated heterocycles. The molecule has 112 valence electrons. The van der Waals surface area contributed by atoms with Crippen LogP contribution >= 0.6 is 0 Å². The van der Waals surface area contributed by atoms with E-state index in [0.29, 0.717) is 11.3 Å². The first-order chi connectivity index (χ1) is 9.83. The fourth-order valence-corrected chi connectivity index (χ4v) is 2.06. The third-order valence-corrected chi connectivity index (χ3v) is 3.52. The molecule has 0 aliphatic carbocycles. The summed E-state index contributed by atoms with van der Waals surface area (Å²) in [4.78, 5) is 11.2. The molecule has 0 heterocycles. The lowest BCUT2D eigenvalue weighted by molar-refractivity contribution is -0.148. The van der Waals surface area contributed by atoms with Gasteiger partial charge in [0.2, 0.25) is 0 Å². The van der Waals surface area contributed by atoms with E-state index in [2.05, 4.69) is 0 Å². The van der Waals surface area contributed by atoms with Crippen molar-refractivity contribution in [2.45, 2.75) is 26.9 Å². The minimum absolute atomic E-state index is 0.0378. The fraction of sp³-hybridized carbons (Fsp3) is 0.353. The summed E-state index contributed by atoms with van der Waals surface area (Å²) in [5.41, 5.74) is -0.331. The average Bonchev–Trinajstić information content (AvgIpc) is 2.44. The Hall–Kier alpha value is -2.07. The number of ether oxygens (including phenoxy) is 1. The maximum Gasteiger partial charge on any atom is 0.312 e. The molecular formula is C17H20O4. The molecule has 0 aliphatic rings. The van der Waals surface area contributed by atoms with Crippen LogP contribution < -0.4 is 4.74 Å². The molecule has 2 aromatic rings. The van der Waals surface area contributed by atoms with Gasteiger partial charge < -0.3 is 14.9 Å². The zero-order valence-corrected chi connectivity index (χ0v) is 12.5. The number of benzene rings is 2. The van der Waals surface area contributed by atoms with Crippen LogP contribution in [0.3, 0.4) is 0 Å². The van der Waals surface area contributed by atoms with Gasteiger partial charge in [-0.2, -0.15) is 0 Å². The largest absolute Gasteiger partial charge is 0.491 e. The van der Waals surface area contributed by atoms with Gasteiger partial charge in [-0.3, -0.25) is 4.79 Å². The Labute approximate surface area is 124 Å². The molecule has 2 aromatic carbocycles. The highest BCUT2D eigenvalue weighted by Crippen LogP contribution is 2.34. The quantitative estimate of drug-likeness (QED) is 0.885. The molecule has 0 bridgehead atoms. The SMILES string of the molecule is CC(O)c1ccc2ccccc2c1OCC(C)(C)C(=O)O. The number of carbonyl (C=O) groups is 1. The van der Waals surface area contributed by atoms with Crippen LogP contribution in [-0.2, 0) is 4.79 Å². The number of aliphatic carboxylic acids is 1. The van der Waals surface area contributed by atoms with Crippen molar-refractivity contribution in [3.63, 3.8) is 0 Å². The zero-order chi connectivity index (χ0) is 15.6. The van der Waals surface area contributed by atoms with Gasteiger partial charge in [0.1, 0.15) is 12.4 Å². The van der Waals surface area contributed by atoms with Crippen molar-refractivity contribution in [1.82, 2.24) is 0 Å². The minimum Gasteiger partial charge on any atom is -0.491 e. The van der Waals surface area contributed by atoms with Crippen LogP contribution in [0.25, 0.3) is 10.8 Å². The van der Waals surface area contributed by atoms with Crippen molar-refractivity contribution in [2.75, 3.05) is 6.61 Å². The molecule has 2 rings (SSSR count). The lowest BCUT2D eigenvalue weighted by Crippen LogP contribution is -2.31. The molecule has 1 unspecified atom stereocenters. The minimum atomic E-state index is -0.993. The third-order valence-electron chi connectivity index (χ3n) is 3.52. The van der Waals surface area contributed by atoms with Crippen molar-refractivity contribution in [3.8, 4) is 5.75 Å². The summed E-state index contributed by atoms with van der Waals surface area (Å²) in [6, 6.07) is 11.4. The zero-order valence-electron chi connectivity index (χ0n) is 12.5. The number of aliphatic hydroxyl groups is 1. The first-order valence-corrected chi connectivity index (χ1v) is 6.89. The second-order valence-corrected chi connectivity index (χ2v) is 5.86. The van der Waals surface area contributed by atoms with E-state index in [1.807, 2.05) is 36.4 Å². The third kappa shape index (κ3) is 3.16.